The van der Waals surface area contributed by atoms with Crippen molar-refractivity contribution in [1.82, 2.24) is 0 Å². The number of benzene rings is 1. The summed E-state index contributed by atoms with van der Waals surface area (Å²) >= 11 is 0. The molecule has 1 fully saturated rings. The Bertz CT molecular complexity index is 437. The summed E-state index contributed by atoms with van der Waals surface area (Å²) in [4.78, 5) is 10.4. The first-order valence-electron chi connectivity index (χ1n) is 6.70. The molecule has 1 atom stereocenters. The van der Waals surface area contributed by atoms with E-state index < -0.39 is 0 Å². The Kier molecular flexibility index (Phi) is 3.28. The van der Waals surface area contributed by atoms with Crippen LogP contribution in [0.3, 0.4) is 0 Å². The Morgan fingerprint density at radius 1 is 1.22 bits per heavy atom. The first-order chi connectivity index (χ1) is 8.26. The highest BCUT2D eigenvalue weighted by molar-refractivity contribution is 5.45. The average molecular weight is 248 g/mol. The smallest absolute Gasteiger partial charge is 0.152 e. The highest BCUT2D eigenvalue weighted by Gasteiger charge is 2.43. The van der Waals surface area contributed by atoms with Crippen molar-refractivity contribution in [2.24, 2.45) is 0 Å². The van der Waals surface area contributed by atoms with E-state index in [2.05, 4.69) is 59.7 Å². The maximum atomic E-state index is 5.43. The molecule has 1 unspecified atom stereocenters. The maximum absolute atomic E-state index is 5.43. The van der Waals surface area contributed by atoms with Crippen molar-refractivity contribution in [3.63, 3.8) is 0 Å². The highest BCUT2D eigenvalue weighted by atomic mass is 17.2. The molecule has 100 valence electrons. The lowest BCUT2D eigenvalue weighted by Crippen LogP contribution is -2.44. The second-order valence-corrected chi connectivity index (χ2v) is 6.75. The van der Waals surface area contributed by atoms with E-state index in [1.54, 1.807) is 0 Å². The van der Waals surface area contributed by atoms with Gasteiger partial charge in [-0.3, -0.25) is 0 Å². The summed E-state index contributed by atoms with van der Waals surface area (Å²) in [6, 6.07) is 6.58. The monoisotopic (exact) mass is 248 g/mol. The number of hydrogen-bond donors (Lipinski definition) is 0. The summed E-state index contributed by atoms with van der Waals surface area (Å²) in [6.07, 6.45) is 0. The van der Waals surface area contributed by atoms with Crippen LogP contribution < -0.4 is 0 Å². The minimum atomic E-state index is -0.288. The van der Waals surface area contributed by atoms with Gasteiger partial charge in [0.25, 0.3) is 0 Å². The van der Waals surface area contributed by atoms with Crippen LogP contribution >= 0.6 is 0 Å². The zero-order valence-electron chi connectivity index (χ0n) is 12.3. The van der Waals surface area contributed by atoms with Gasteiger partial charge in [-0.05, 0) is 34.9 Å². The number of hydrogen-bond acceptors (Lipinski definition) is 2. The fraction of sp³-hybridized carbons (Fsp3) is 0.625. The van der Waals surface area contributed by atoms with Crippen molar-refractivity contribution < 1.29 is 9.78 Å². The van der Waals surface area contributed by atoms with Crippen LogP contribution in [0.15, 0.2) is 18.2 Å². The summed E-state index contributed by atoms with van der Waals surface area (Å²) in [7, 11) is 0. The Morgan fingerprint density at radius 2 is 1.83 bits per heavy atom. The van der Waals surface area contributed by atoms with Crippen LogP contribution in [0.1, 0.15) is 64.2 Å². The first kappa shape index (κ1) is 13.6. The van der Waals surface area contributed by atoms with Gasteiger partial charge >= 0.3 is 0 Å². The van der Waals surface area contributed by atoms with E-state index in [0.29, 0.717) is 12.5 Å². The Hall–Kier alpha value is -0.860. The molecule has 0 amide bonds. The molecule has 0 saturated carbocycles. The third kappa shape index (κ3) is 2.19. The standard InChI is InChI=1S/C16H24O2/c1-11(2)12-8-7-9-13(15(3,4)5)14(12)16(6)10-17-18-16/h7-9,11H,10H2,1-6H3. The predicted molar refractivity (Wildman–Crippen MR) is 73.6 cm³/mol. The molecule has 0 spiro atoms. The van der Waals surface area contributed by atoms with E-state index in [4.69, 9.17) is 9.78 Å². The average Bonchev–Trinajstić information content (AvgIpc) is 2.23. The van der Waals surface area contributed by atoms with Crippen molar-refractivity contribution in [1.29, 1.82) is 0 Å². The zero-order valence-corrected chi connectivity index (χ0v) is 12.3. The van der Waals surface area contributed by atoms with Crippen molar-refractivity contribution in [2.45, 2.75) is 58.5 Å². The van der Waals surface area contributed by atoms with Crippen LogP contribution in [0.4, 0.5) is 0 Å². The van der Waals surface area contributed by atoms with Crippen molar-refractivity contribution in [2.75, 3.05) is 6.61 Å². The Labute approximate surface area is 110 Å². The summed E-state index contributed by atoms with van der Waals surface area (Å²) in [5.41, 5.74) is 3.87. The molecule has 1 heterocycles. The van der Waals surface area contributed by atoms with Gasteiger partial charge in [-0.2, -0.15) is 0 Å². The molecule has 2 heteroatoms. The second-order valence-electron chi connectivity index (χ2n) is 6.75. The molecule has 0 N–H and O–H groups in total. The molecule has 0 aromatic heterocycles. The van der Waals surface area contributed by atoms with E-state index in [9.17, 15) is 0 Å². The molecule has 2 nitrogen and oxygen atoms in total. The Morgan fingerprint density at radius 3 is 2.22 bits per heavy atom. The molecule has 1 aromatic rings. The second kappa shape index (κ2) is 4.36. The molecule has 0 aliphatic carbocycles. The topological polar surface area (TPSA) is 18.5 Å². The van der Waals surface area contributed by atoms with Crippen molar-refractivity contribution in [3.05, 3.63) is 34.9 Å². The summed E-state index contributed by atoms with van der Waals surface area (Å²) in [5, 5.41) is 0. The van der Waals surface area contributed by atoms with Crippen LogP contribution in [-0.4, -0.2) is 6.61 Å². The largest absolute Gasteiger partial charge is 0.232 e. The zero-order chi connectivity index (χ0) is 13.6. The van der Waals surface area contributed by atoms with Gasteiger partial charge in [0.1, 0.15) is 6.61 Å². The molecular formula is C16H24O2. The third-order valence-electron chi connectivity index (χ3n) is 3.63. The SMILES string of the molecule is CC(C)c1cccc(C(C)(C)C)c1C1(C)COO1. The summed E-state index contributed by atoms with van der Waals surface area (Å²) in [5.74, 6) is 0.489. The van der Waals surface area contributed by atoms with E-state index in [0.717, 1.165) is 0 Å². The van der Waals surface area contributed by atoms with Gasteiger partial charge < -0.3 is 0 Å². The van der Waals surface area contributed by atoms with Gasteiger partial charge in [-0.1, -0.05) is 52.8 Å². The van der Waals surface area contributed by atoms with Crippen LogP contribution in [0.2, 0.25) is 0 Å². The van der Waals surface area contributed by atoms with Crippen LogP contribution in [0.25, 0.3) is 0 Å². The molecule has 0 bridgehead atoms. The third-order valence-corrected chi connectivity index (χ3v) is 3.63. The molecule has 0 radical (unpaired) electrons. The normalized spacial score (nSPS) is 24.2. The highest BCUT2D eigenvalue weighted by Crippen LogP contribution is 2.43. The van der Waals surface area contributed by atoms with Gasteiger partial charge in [0.05, 0.1) is 0 Å². The lowest BCUT2D eigenvalue weighted by molar-refractivity contribution is -0.474. The van der Waals surface area contributed by atoms with Crippen molar-refractivity contribution in [3.8, 4) is 0 Å². The van der Waals surface area contributed by atoms with Gasteiger partial charge in [-0.25, -0.2) is 9.78 Å². The quantitative estimate of drug-likeness (QED) is 0.727. The minimum Gasteiger partial charge on any atom is -0.232 e. The minimum absolute atomic E-state index is 0.113. The number of rotatable bonds is 2. The fourth-order valence-corrected chi connectivity index (χ4v) is 2.62. The van der Waals surface area contributed by atoms with E-state index in [-0.39, 0.29) is 11.0 Å². The molecule has 2 rings (SSSR count). The molecule has 18 heavy (non-hydrogen) atoms. The first-order valence-corrected chi connectivity index (χ1v) is 6.70. The maximum Gasteiger partial charge on any atom is 0.152 e. The lowest BCUT2D eigenvalue weighted by Gasteiger charge is -2.41. The lowest BCUT2D eigenvalue weighted by atomic mass is 9.75. The predicted octanol–water partition coefficient (Wildman–Crippen LogP) is 4.28. The van der Waals surface area contributed by atoms with Crippen LogP contribution in [0, 0.1) is 0 Å². The molecular weight excluding hydrogens is 224 g/mol. The fourth-order valence-electron chi connectivity index (χ4n) is 2.62. The van der Waals surface area contributed by atoms with Gasteiger partial charge in [0, 0.05) is 0 Å². The van der Waals surface area contributed by atoms with E-state index in [1.165, 1.54) is 16.7 Å². The summed E-state index contributed by atoms with van der Waals surface area (Å²) in [6.45, 7) is 14.0. The van der Waals surface area contributed by atoms with E-state index >= 15 is 0 Å². The molecule has 1 aliphatic heterocycles. The Balaban J connectivity index is 2.64. The van der Waals surface area contributed by atoms with Crippen LogP contribution in [-0.2, 0) is 20.8 Å². The van der Waals surface area contributed by atoms with Gasteiger partial charge in [-0.15, -0.1) is 0 Å². The van der Waals surface area contributed by atoms with Gasteiger partial charge in [0.15, 0.2) is 5.60 Å². The molecule has 1 saturated heterocycles. The van der Waals surface area contributed by atoms with E-state index in [1.807, 2.05) is 0 Å². The van der Waals surface area contributed by atoms with Crippen LogP contribution in [0.5, 0.6) is 0 Å². The molecule has 1 aliphatic rings. The molecule has 1 aromatic carbocycles. The summed E-state index contributed by atoms with van der Waals surface area (Å²) < 4.78 is 0. The van der Waals surface area contributed by atoms with Crippen molar-refractivity contribution >= 4 is 0 Å². The van der Waals surface area contributed by atoms with Gasteiger partial charge in [0.2, 0.25) is 0 Å².